The van der Waals surface area contributed by atoms with Crippen LogP contribution < -0.4 is 0 Å². The summed E-state index contributed by atoms with van der Waals surface area (Å²) >= 11 is 1.79. The summed E-state index contributed by atoms with van der Waals surface area (Å²) in [6.45, 7) is 0. The fourth-order valence-corrected chi connectivity index (χ4v) is 6.33. The topological polar surface area (TPSA) is 64.5 Å². The van der Waals surface area contributed by atoms with Gasteiger partial charge in [-0.25, -0.2) is 15.0 Å². The highest BCUT2D eigenvalue weighted by Crippen LogP contribution is 2.38. The molecule has 0 saturated heterocycles. The van der Waals surface area contributed by atoms with Crippen LogP contribution in [0.2, 0.25) is 0 Å². The first-order chi connectivity index (χ1) is 21.3. The molecule has 202 valence electrons. The van der Waals surface area contributed by atoms with Gasteiger partial charge in [0.2, 0.25) is 0 Å². The van der Waals surface area contributed by atoms with Gasteiger partial charge in [0.1, 0.15) is 0 Å². The van der Waals surface area contributed by atoms with E-state index in [0.29, 0.717) is 17.5 Å². The van der Waals surface area contributed by atoms with Crippen LogP contribution in [-0.4, -0.2) is 24.9 Å². The number of rotatable bonds is 5. The molecular weight excluding hydrogens is 547 g/mol. The second kappa shape index (κ2) is 10.7. The van der Waals surface area contributed by atoms with E-state index in [1.807, 2.05) is 85.1 Å². The van der Waals surface area contributed by atoms with Crippen LogP contribution in [0.4, 0.5) is 0 Å². The number of hydrogen-bond donors (Lipinski definition) is 0. The molecule has 4 aromatic carbocycles. The molecule has 8 rings (SSSR count). The lowest BCUT2D eigenvalue weighted by Crippen LogP contribution is -2.00. The van der Waals surface area contributed by atoms with Crippen LogP contribution in [0, 0.1) is 0 Å². The van der Waals surface area contributed by atoms with Crippen LogP contribution in [0.1, 0.15) is 0 Å². The van der Waals surface area contributed by atoms with Gasteiger partial charge in [0.15, 0.2) is 17.5 Å². The Balaban J connectivity index is 1.23. The van der Waals surface area contributed by atoms with Crippen LogP contribution >= 0.6 is 11.3 Å². The minimum absolute atomic E-state index is 0.650. The van der Waals surface area contributed by atoms with Gasteiger partial charge in [0.25, 0.3) is 0 Å². The molecule has 0 aliphatic rings. The summed E-state index contributed by atoms with van der Waals surface area (Å²) in [5, 5.41) is 2.36. The Labute approximate surface area is 252 Å². The summed E-state index contributed by atoms with van der Waals surface area (Å²) < 4.78 is 2.45. The Morgan fingerprint density at radius 3 is 1.51 bits per heavy atom. The number of fused-ring (bicyclic) bond motifs is 3. The third kappa shape index (κ3) is 4.84. The van der Waals surface area contributed by atoms with Crippen LogP contribution in [0.5, 0.6) is 0 Å². The number of nitrogens with zero attached hydrogens (tertiary/aromatic N) is 5. The molecule has 0 bridgehead atoms. The summed E-state index contributed by atoms with van der Waals surface area (Å²) in [6.07, 6.45) is 3.69. The van der Waals surface area contributed by atoms with Crippen molar-refractivity contribution in [1.82, 2.24) is 24.9 Å². The maximum atomic E-state index is 4.94. The van der Waals surface area contributed by atoms with Gasteiger partial charge in [-0.05, 0) is 54.6 Å². The maximum Gasteiger partial charge on any atom is 0.164 e. The normalized spacial score (nSPS) is 11.3. The summed E-state index contributed by atoms with van der Waals surface area (Å²) in [5.74, 6) is 1.96. The number of thiophene rings is 1. The lowest BCUT2D eigenvalue weighted by atomic mass is 10.0. The molecular formula is C37H23N5S. The Morgan fingerprint density at radius 2 is 0.930 bits per heavy atom. The molecule has 5 nitrogen and oxygen atoms in total. The monoisotopic (exact) mass is 569 g/mol. The molecule has 0 aliphatic heterocycles. The molecule has 0 unspecified atom stereocenters. The summed E-state index contributed by atoms with van der Waals surface area (Å²) in [5.41, 5.74) is 6.77. The molecule has 8 aromatic rings. The van der Waals surface area contributed by atoms with Crippen molar-refractivity contribution < 1.29 is 0 Å². The SMILES string of the molecule is c1ccc(-c2nc(-c3ccccc3)nc(-c3ccc4sc5ccc(-c6ccc(-c7ccccn7)cn6)cc5c4c3)n2)cc1. The first kappa shape index (κ1) is 25.1. The molecule has 6 heteroatoms. The van der Waals surface area contributed by atoms with Gasteiger partial charge in [-0.3, -0.25) is 9.97 Å². The van der Waals surface area contributed by atoms with Gasteiger partial charge in [-0.15, -0.1) is 11.3 Å². The predicted molar refractivity (Wildman–Crippen MR) is 175 cm³/mol. The molecule has 0 saturated carbocycles. The first-order valence-electron chi connectivity index (χ1n) is 14.0. The van der Waals surface area contributed by atoms with E-state index in [4.69, 9.17) is 19.9 Å². The van der Waals surface area contributed by atoms with Gasteiger partial charge < -0.3 is 0 Å². The van der Waals surface area contributed by atoms with Crippen LogP contribution in [0.15, 0.2) is 140 Å². The lowest BCUT2D eigenvalue weighted by Gasteiger charge is -2.08. The van der Waals surface area contributed by atoms with E-state index in [-0.39, 0.29) is 0 Å². The Morgan fingerprint density at radius 1 is 0.395 bits per heavy atom. The zero-order valence-electron chi connectivity index (χ0n) is 22.9. The predicted octanol–water partition coefficient (Wildman–Crippen LogP) is 9.36. The van der Waals surface area contributed by atoms with Crippen LogP contribution in [0.25, 0.3) is 76.9 Å². The highest BCUT2D eigenvalue weighted by atomic mass is 32.1. The zero-order chi connectivity index (χ0) is 28.6. The van der Waals surface area contributed by atoms with Crippen LogP contribution in [0.3, 0.4) is 0 Å². The largest absolute Gasteiger partial charge is 0.256 e. The lowest BCUT2D eigenvalue weighted by molar-refractivity contribution is 1.07. The van der Waals surface area contributed by atoms with Crippen molar-refractivity contribution in [1.29, 1.82) is 0 Å². The maximum absolute atomic E-state index is 4.94. The van der Waals surface area contributed by atoms with Crippen molar-refractivity contribution in [2.45, 2.75) is 0 Å². The fraction of sp³-hybridized carbons (Fsp3) is 0. The molecule has 0 N–H and O–H groups in total. The summed E-state index contributed by atoms with van der Waals surface area (Å²) in [6, 6.07) is 43.2. The summed E-state index contributed by atoms with van der Waals surface area (Å²) in [7, 11) is 0. The fourth-order valence-electron chi connectivity index (χ4n) is 5.26. The minimum Gasteiger partial charge on any atom is -0.256 e. The quantitative estimate of drug-likeness (QED) is 0.207. The van der Waals surface area contributed by atoms with Gasteiger partial charge in [-0.1, -0.05) is 72.8 Å². The van der Waals surface area contributed by atoms with Crippen molar-refractivity contribution in [2.75, 3.05) is 0 Å². The Bertz CT molecular complexity index is 2150. The number of benzene rings is 4. The van der Waals surface area contributed by atoms with Crippen molar-refractivity contribution in [3.05, 3.63) is 140 Å². The number of aromatic nitrogens is 5. The van der Waals surface area contributed by atoms with E-state index in [1.165, 1.54) is 20.2 Å². The summed E-state index contributed by atoms with van der Waals surface area (Å²) in [4.78, 5) is 23.9. The standard InChI is InChI=1S/C37H23N5S/c1-3-9-24(10-4-1)35-40-36(25-11-5-2-6-12-25)42-37(41-35)27-16-19-34-30(22-27)29-21-26(15-18-33(29)43-34)32-17-14-28(23-39-32)31-13-7-8-20-38-31/h1-23H. The molecule has 4 heterocycles. The van der Waals surface area contributed by atoms with Crippen molar-refractivity contribution in [3.8, 4) is 56.7 Å². The van der Waals surface area contributed by atoms with E-state index < -0.39 is 0 Å². The highest BCUT2D eigenvalue weighted by Gasteiger charge is 2.14. The van der Waals surface area contributed by atoms with E-state index in [1.54, 1.807) is 17.5 Å². The zero-order valence-corrected chi connectivity index (χ0v) is 23.7. The van der Waals surface area contributed by atoms with Gasteiger partial charge in [0.05, 0.1) is 11.4 Å². The van der Waals surface area contributed by atoms with Crippen molar-refractivity contribution in [2.24, 2.45) is 0 Å². The third-order valence-electron chi connectivity index (χ3n) is 7.45. The molecule has 43 heavy (non-hydrogen) atoms. The smallest absolute Gasteiger partial charge is 0.164 e. The molecule has 0 aliphatic carbocycles. The van der Waals surface area contributed by atoms with E-state index in [2.05, 4.69) is 53.5 Å². The Kier molecular flexibility index (Phi) is 6.24. The average Bonchev–Trinajstić information content (AvgIpc) is 3.46. The first-order valence-corrected chi connectivity index (χ1v) is 14.8. The molecule has 0 spiro atoms. The minimum atomic E-state index is 0.650. The average molecular weight is 570 g/mol. The van der Waals surface area contributed by atoms with E-state index in [9.17, 15) is 0 Å². The molecule has 0 fully saturated rings. The van der Waals surface area contributed by atoms with Gasteiger partial charge in [-0.2, -0.15) is 0 Å². The number of pyridine rings is 2. The molecule has 0 amide bonds. The number of hydrogen-bond acceptors (Lipinski definition) is 6. The second-order valence-corrected chi connectivity index (χ2v) is 11.3. The molecule has 0 atom stereocenters. The molecule has 4 aromatic heterocycles. The second-order valence-electron chi connectivity index (χ2n) is 10.2. The highest BCUT2D eigenvalue weighted by molar-refractivity contribution is 7.25. The van der Waals surface area contributed by atoms with Crippen molar-refractivity contribution >= 4 is 31.5 Å². The van der Waals surface area contributed by atoms with Crippen molar-refractivity contribution in [3.63, 3.8) is 0 Å². The third-order valence-corrected chi connectivity index (χ3v) is 8.60. The van der Waals surface area contributed by atoms with E-state index in [0.717, 1.165) is 39.2 Å². The van der Waals surface area contributed by atoms with Crippen LogP contribution in [-0.2, 0) is 0 Å². The Hall–Kier alpha value is -5.59. The van der Waals surface area contributed by atoms with E-state index >= 15 is 0 Å². The van der Waals surface area contributed by atoms with Gasteiger partial charge in [0, 0.05) is 60.4 Å². The van der Waals surface area contributed by atoms with Gasteiger partial charge >= 0.3 is 0 Å². The molecule has 0 radical (unpaired) electrons.